The van der Waals surface area contributed by atoms with Gasteiger partial charge in [0, 0.05) is 16.4 Å². The van der Waals surface area contributed by atoms with Crippen molar-refractivity contribution in [1.82, 2.24) is 5.32 Å². The van der Waals surface area contributed by atoms with Gasteiger partial charge in [-0.05, 0) is 38.6 Å². The average molecular weight is 239 g/mol. The summed E-state index contributed by atoms with van der Waals surface area (Å²) in [6.07, 6.45) is 2.38. The molecule has 0 aromatic heterocycles. The van der Waals surface area contributed by atoms with Gasteiger partial charge in [0.25, 0.3) is 0 Å². The smallest absolute Gasteiger partial charge is 0.128 e. The van der Waals surface area contributed by atoms with Crippen molar-refractivity contribution in [3.05, 3.63) is 35.6 Å². The minimum absolute atomic E-state index is 0.0983. The van der Waals surface area contributed by atoms with Crippen LogP contribution in [0, 0.1) is 5.82 Å². The monoisotopic (exact) mass is 239 g/mol. The van der Waals surface area contributed by atoms with E-state index in [1.165, 1.54) is 12.2 Å². The number of rotatable bonds is 3. The molecule has 0 spiro atoms. The van der Waals surface area contributed by atoms with Gasteiger partial charge in [0.15, 0.2) is 0 Å². The van der Waals surface area contributed by atoms with Crippen LogP contribution in [0.3, 0.4) is 0 Å². The highest BCUT2D eigenvalue weighted by atomic mass is 32.2. The molecule has 3 heteroatoms. The van der Waals surface area contributed by atoms with Crippen LogP contribution in [0.5, 0.6) is 0 Å². The molecule has 1 aromatic rings. The minimum atomic E-state index is -0.101. The van der Waals surface area contributed by atoms with Crippen LogP contribution in [0.4, 0.5) is 4.39 Å². The molecular weight excluding hydrogens is 221 g/mol. The lowest BCUT2D eigenvalue weighted by molar-refractivity contribution is 0.424. The lowest BCUT2D eigenvalue weighted by atomic mass is 9.90. The largest absolute Gasteiger partial charge is 0.312 e. The Morgan fingerprint density at radius 1 is 1.44 bits per heavy atom. The Morgan fingerprint density at radius 2 is 2.19 bits per heavy atom. The number of benzene rings is 1. The first-order valence-corrected chi connectivity index (χ1v) is 6.71. The van der Waals surface area contributed by atoms with Gasteiger partial charge in [0.05, 0.1) is 0 Å². The van der Waals surface area contributed by atoms with Crippen LogP contribution in [0.1, 0.15) is 31.4 Å². The van der Waals surface area contributed by atoms with Gasteiger partial charge in [-0.2, -0.15) is 11.8 Å². The molecule has 0 aliphatic carbocycles. The predicted molar refractivity (Wildman–Crippen MR) is 68.3 cm³/mol. The summed E-state index contributed by atoms with van der Waals surface area (Å²) in [4.78, 5) is 0. The van der Waals surface area contributed by atoms with Crippen molar-refractivity contribution >= 4 is 11.8 Å². The molecule has 1 saturated heterocycles. The molecule has 2 rings (SSSR count). The Bertz CT molecular complexity index is 361. The van der Waals surface area contributed by atoms with Crippen LogP contribution in [-0.2, 0) is 0 Å². The van der Waals surface area contributed by atoms with E-state index in [2.05, 4.69) is 12.2 Å². The fourth-order valence-corrected chi connectivity index (χ4v) is 3.98. The maximum Gasteiger partial charge on any atom is 0.128 e. The highest BCUT2D eigenvalue weighted by Gasteiger charge is 2.38. The number of hydrogen-bond acceptors (Lipinski definition) is 2. The third kappa shape index (κ3) is 2.11. The van der Waals surface area contributed by atoms with Crippen LogP contribution in [0.25, 0.3) is 0 Å². The van der Waals surface area contributed by atoms with Gasteiger partial charge in [0.2, 0.25) is 0 Å². The van der Waals surface area contributed by atoms with Crippen molar-refractivity contribution in [3.63, 3.8) is 0 Å². The second-order valence-corrected chi connectivity index (χ2v) is 6.14. The maximum absolute atomic E-state index is 13.8. The Morgan fingerprint density at radius 3 is 2.75 bits per heavy atom. The standard InChI is InChI=1S/C13H18FNS/c1-13(8-5-9-16-13)12(15-2)10-6-3-4-7-11(10)14/h3-4,6-7,12,15H,5,8-9H2,1-2H3. The average Bonchev–Trinajstić information content (AvgIpc) is 2.70. The molecule has 0 saturated carbocycles. The fraction of sp³-hybridized carbons (Fsp3) is 0.538. The van der Waals surface area contributed by atoms with Gasteiger partial charge in [-0.15, -0.1) is 0 Å². The normalized spacial score (nSPS) is 26.9. The van der Waals surface area contributed by atoms with Gasteiger partial charge < -0.3 is 5.32 Å². The van der Waals surface area contributed by atoms with E-state index in [0.29, 0.717) is 0 Å². The van der Waals surface area contributed by atoms with Crippen LogP contribution in [0.2, 0.25) is 0 Å². The summed E-state index contributed by atoms with van der Waals surface area (Å²) in [5.41, 5.74) is 0.793. The second-order valence-electron chi connectivity index (χ2n) is 4.51. The molecule has 2 atom stereocenters. The van der Waals surface area contributed by atoms with E-state index in [4.69, 9.17) is 0 Å². The van der Waals surface area contributed by atoms with Gasteiger partial charge >= 0.3 is 0 Å². The summed E-state index contributed by atoms with van der Waals surface area (Å²) in [6.45, 7) is 2.23. The molecule has 0 radical (unpaired) electrons. The SMILES string of the molecule is CNC(c1ccccc1F)C1(C)CCCS1. The first-order chi connectivity index (χ1) is 7.67. The van der Waals surface area contributed by atoms with Crippen LogP contribution in [-0.4, -0.2) is 17.5 Å². The summed E-state index contributed by atoms with van der Waals surface area (Å²) >= 11 is 1.95. The number of thioether (sulfide) groups is 1. The van der Waals surface area contributed by atoms with E-state index >= 15 is 0 Å². The first-order valence-electron chi connectivity index (χ1n) is 5.73. The fourth-order valence-electron chi connectivity index (χ4n) is 2.53. The van der Waals surface area contributed by atoms with Crippen LogP contribution >= 0.6 is 11.8 Å². The van der Waals surface area contributed by atoms with Crippen molar-refractivity contribution in [2.45, 2.75) is 30.6 Å². The molecule has 88 valence electrons. The van der Waals surface area contributed by atoms with E-state index in [9.17, 15) is 4.39 Å². The first kappa shape index (κ1) is 11.9. The van der Waals surface area contributed by atoms with E-state index in [1.807, 2.05) is 30.9 Å². The van der Waals surface area contributed by atoms with E-state index < -0.39 is 0 Å². The highest BCUT2D eigenvalue weighted by Crippen LogP contribution is 2.46. The molecule has 16 heavy (non-hydrogen) atoms. The number of hydrogen-bond donors (Lipinski definition) is 1. The Labute approximate surface area is 101 Å². The zero-order valence-electron chi connectivity index (χ0n) is 9.79. The van der Waals surface area contributed by atoms with Gasteiger partial charge in [-0.25, -0.2) is 4.39 Å². The molecule has 1 aliphatic heterocycles. The maximum atomic E-state index is 13.8. The van der Waals surface area contributed by atoms with E-state index in [0.717, 1.165) is 12.0 Å². The third-order valence-corrected chi connectivity index (χ3v) is 4.96. The van der Waals surface area contributed by atoms with Crippen molar-refractivity contribution in [3.8, 4) is 0 Å². The van der Waals surface area contributed by atoms with Crippen molar-refractivity contribution < 1.29 is 4.39 Å². The quantitative estimate of drug-likeness (QED) is 0.868. The zero-order valence-corrected chi connectivity index (χ0v) is 10.6. The summed E-state index contributed by atoms with van der Waals surface area (Å²) in [5, 5.41) is 3.28. The Kier molecular flexibility index (Phi) is 3.55. The molecule has 1 fully saturated rings. The lowest BCUT2D eigenvalue weighted by Crippen LogP contribution is -2.36. The minimum Gasteiger partial charge on any atom is -0.312 e. The highest BCUT2D eigenvalue weighted by molar-refractivity contribution is 8.00. The molecular formula is C13H18FNS. The summed E-state index contributed by atoms with van der Waals surface area (Å²) < 4.78 is 13.9. The second kappa shape index (κ2) is 4.76. The zero-order chi connectivity index (χ0) is 11.6. The van der Waals surface area contributed by atoms with Gasteiger partial charge in [-0.1, -0.05) is 18.2 Å². The molecule has 0 bridgehead atoms. The number of halogens is 1. The van der Waals surface area contributed by atoms with Crippen molar-refractivity contribution in [2.24, 2.45) is 0 Å². The Balaban J connectivity index is 2.32. The summed E-state index contributed by atoms with van der Waals surface area (Å²) in [5.74, 6) is 1.08. The molecule has 1 heterocycles. The number of nitrogens with one attached hydrogen (secondary N) is 1. The van der Waals surface area contributed by atoms with E-state index in [1.54, 1.807) is 12.1 Å². The predicted octanol–water partition coefficient (Wildman–Crippen LogP) is 3.37. The molecule has 2 unspecified atom stereocenters. The Hall–Kier alpha value is -0.540. The molecule has 1 aromatic carbocycles. The van der Waals surface area contributed by atoms with Gasteiger partial charge in [-0.3, -0.25) is 0 Å². The third-order valence-electron chi connectivity index (χ3n) is 3.36. The molecule has 0 amide bonds. The van der Waals surface area contributed by atoms with Crippen LogP contribution < -0.4 is 5.32 Å². The van der Waals surface area contributed by atoms with Crippen molar-refractivity contribution in [2.75, 3.05) is 12.8 Å². The molecule has 1 N–H and O–H groups in total. The summed E-state index contributed by atoms with van der Waals surface area (Å²) in [7, 11) is 1.92. The van der Waals surface area contributed by atoms with Crippen LogP contribution in [0.15, 0.2) is 24.3 Å². The van der Waals surface area contributed by atoms with Gasteiger partial charge in [0.1, 0.15) is 5.82 Å². The molecule has 1 nitrogen and oxygen atoms in total. The van der Waals surface area contributed by atoms with Crippen molar-refractivity contribution in [1.29, 1.82) is 0 Å². The van der Waals surface area contributed by atoms with E-state index in [-0.39, 0.29) is 16.6 Å². The topological polar surface area (TPSA) is 12.0 Å². The molecule has 1 aliphatic rings. The summed E-state index contributed by atoms with van der Waals surface area (Å²) in [6, 6.07) is 7.19. The lowest BCUT2D eigenvalue weighted by Gasteiger charge is -2.33.